The van der Waals surface area contributed by atoms with E-state index < -0.39 is 41.5 Å². The maximum Gasteiger partial charge on any atom is 0.411 e. The molecule has 0 radical (unpaired) electrons. The van der Waals surface area contributed by atoms with E-state index in [4.69, 9.17) is 9.84 Å². The number of halogens is 1. The van der Waals surface area contributed by atoms with Gasteiger partial charge in [0, 0.05) is 5.92 Å². The summed E-state index contributed by atoms with van der Waals surface area (Å²) in [6, 6.07) is 17.8. The van der Waals surface area contributed by atoms with Crippen molar-refractivity contribution in [3.63, 3.8) is 0 Å². The third kappa shape index (κ3) is 4.85. The highest BCUT2D eigenvalue weighted by Crippen LogP contribution is 2.44. The number of carbonyl (C=O) groups excluding carboxylic acids is 2. The summed E-state index contributed by atoms with van der Waals surface area (Å²) >= 11 is 0. The lowest BCUT2D eigenvalue weighted by atomic mass is 9.98. The molecular weight excluding hydrogens is 455 g/mol. The molecule has 2 amide bonds. The van der Waals surface area contributed by atoms with Gasteiger partial charge in [0.2, 0.25) is 0 Å². The summed E-state index contributed by atoms with van der Waals surface area (Å²) < 4.78 is 20.3. The number of anilines is 1. The first kappa shape index (κ1) is 23.9. The molecule has 9 heteroatoms. The van der Waals surface area contributed by atoms with Crippen molar-refractivity contribution >= 4 is 23.7 Å². The molecule has 0 heterocycles. The topological polar surface area (TPSA) is 125 Å². The average molecular weight is 478 g/mol. The molecule has 4 N–H and O–H groups in total. The van der Waals surface area contributed by atoms with E-state index in [0.29, 0.717) is 0 Å². The van der Waals surface area contributed by atoms with Crippen LogP contribution in [0.4, 0.5) is 14.9 Å². The molecular formula is C26H23FN2O6. The number of amides is 2. The molecule has 0 saturated heterocycles. The van der Waals surface area contributed by atoms with Crippen molar-refractivity contribution in [2.24, 2.45) is 0 Å². The number of rotatable bonds is 7. The van der Waals surface area contributed by atoms with Gasteiger partial charge in [-0.15, -0.1) is 0 Å². The van der Waals surface area contributed by atoms with Crippen molar-refractivity contribution in [2.75, 3.05) is 11.9 Å². The number of nitrogens with one attached hydrogen (secondary N) is 2. The molecule has 2 atom stereocenters. The fraction of sp³-hybridized carbons (Fsp3) is 0.192. The van der Waals surface area contributed by atoms with Crippen molar-refractivity contribution in [1.82, 2.24) is 5.32 Å². The summed E-state index contributed by atoms with van der Waals surface area (Å²) in [5, 5.41) is 23.0. The minimum Gasteiger partial charge on any atom is -0.480 e. The molecule has 3 aromatic rings. The van der Waals surface area contributed by atoms with Gasteiger partial charge in [-0.05, 0) is 41.3 Å². The van der Waals surface area contributed by atoms with Crippen LogP contribution in [0.5, 0.6) is 0 Å². The Balaban J connectivity index is 1.45. The fourth-order valence-corrected chi connectivity index (χ4v) is 4.16. The minimum atomic E-state index is -1.62. The van der Waals surface area contributed by atoms with Gasteiger partial charge in [0.25, 0.3) is 5.91 Å². The predicted molar refractivity (Wildman–Crippen MR) is 126 cm³/mol. The maximum atomic E-state index is 14.9. The zero-order valence-corrected chi connectivity index (χ0v) is 18.7. The molecule has 0 aliphatic heterocycles. The van der Waals surface area contributed by atoms with E-state index in [1.807, 2.05) is 48.5 Å². The number of carboxylic acid groups (broad SMARTS) is 1. The highest BCUT2D eigenvalue weighted by atomic mass is 19.1. The number of hydrogen-bond acceptors (Lipinski definition) is 5. The second-order valence-electron chi connectivity index (χ2n) is 8.15. The number of fused-ring (bicyclic) bond motifs is 3. The summed E-state index contributed by atoms with van der Waals surface area (Å²) in [4.78, 5) is 36.1. The maximum absolute atomic E-state index is 14.9. The molecule has 3 aromatic carbocycles. The van der Waals surface area contributed by atoms with Crippen LogP contribution >= 0.6 is 0 Å². The number of aliphatic hydroxyl groups excluding tert-OH is 1. The molecule has 0 aromatic heterocycles. The number of carbonyl (C=O) groups is 3. The highest BCUT2D eigenvalue weighted by molar-refractivity contribution is 5.98. The van der Waals surface area contributed by atoms with E-state index in [-0.39, 0.29) is 18.2 Å². The van der Waals surface area contributed by atoms with Gasteiger partial charge < -0.3 is 20.3 Å². The summed E-state index contributed by atoms with van der Waals surface area (Å²) in [5.74, 6) is -3.76. The van der Waals surface area contributed by atoms with Gasteiger partial charge in [-0.1, -0.05) is 54.6 Å². The van der Waals surface area contributed by atoms with Crippen LogP contribution in [0.2, 0.25) is 0 Å². The lowest BCUT2D eigenvalue weighted by molar-refractivity contribution is -0.141. The van der Waals surface area contributed by atoms with Crippen molar-refractivity contribution in [3.8, 4) is 11.1 Å². The normalized spacial score (nSPS) is 13.8. The molecule has 0 saturated carbocycles. The first-order valence-corrected chi connectivity index (χ1v) is 10.9. The number of carboxylic acids is 1. The number of hydrogen-bond donors (Lipinski definition) is 4. The average Bonchev–Trinajstić information content (AvgIpc) is 3.15. The highest BCUT2D eigenvalue weighted by Gasteiger charge is 2.30. The van der Waals surface area contributed by atoms with Crippen molar-refractivity contribution in [1.29, 1.82) is 0 Å². The third-order valence-corrected chi connectivity index (χ3v) is 5.86. The molecule has 4 rings (SSSR count). The largest absolute Gasteiger partial charge is 0.480 e. The van der Waals surface area contributed by atoms with Crippen molar-refractivity contribution < 1.29 is 33.7 Å². The third-order valence-electron chi connectivity index (χ3n) is 5.86. The Morgan fingerprint density at radius 2 is 1.57 bits per heavy atom. The monoisotopic (exact) mass is 478 g/mol. The zero-order valence-electron chi connectivity index (χ0n) is 18.7. The molecule has 180 valence electrons. The number of aliphatic carboxylic acids is 1. The lowest BCUT2D eigenvalue weighted by Crippen LogP contribution is -2.47. The Labute approximate surface area is 200 Å². The number of ether oxygens (including phenoxy) is 1. The van der Waals surface area contributed by atoms with Crippen LogP contribution in [0.15, 0.2) is 66.7 Å². The summed E-state index contributed by atoms with van der Waals surface area (Å²) in [6.45, 7) is 1.21. The van der Waals surface area contributed by atoms with Gasteiger partial charge in [-0.2, -0.15) is 0 Å². The zero-order chi connectivity index (χ0) is 25.1. The summed E-state index contributed by atoms with van der Waals surface area (Å²) in [5.41, 5.74) is 3.39. The first-order chi connectivity index (χ1) is 16.8. The van der Waals surface area contributed by atoms with Gasteiger partial charge in [-0.25, -0.2) is 14.0 Å². The van der Waals surface area contributed by atoms with Crippen LogP contribution in [-0.2, 0) is 9.53 Å². The molecule has 35 heavy (non-hydrogen) atoms. The molecule has 0 fully saturated rings. The number of aliphatic hydroxyl groups is 1. The molecule has 2 unspecified atom stereocenters. The van der Waals surface area contributed by atoms with Gasteiger partial charge in [-0.3, -0.25) is 10.1 Å². The van der Waals surface area contributed by atoms with Gasteiger partial charge in [0.1, 0.15) is 6.61 Å². The quantitative estimate of drug-likeness (QED) is 0.410. The Bertz CT molecular complexity index is 1250. The summed E-state index contributed by atoms with van der Waals surface area (Å²) in [7, 11) is 0. The molecule has 0 spiro atoms. The van der Waals surface area contributed by atoms with E-state index in [1.165, 1.54) is 19.1 Å². The SMILES string of the molecule is CC(O)C(NC(=O)c1cccc(NC(=O)OCC2c3ccccc3-c3ccccc32)c1F)C(=O)O. The van der Waals surface area contributed by atoms with E-state index in [9.17, 15) is 23.9 Å². The lowest BCUT2D eigenvalue weighted by Gasteiger charge is -2.18. The van der Waals surface area contributed by atoms with E-state index in [0.717, 1.165) is 28.3 Å². The molecule has 8 nitrogen and oxygen atoms in total. The summed E-state index contributed by atoms with van der Waals surface area (Å²) in [6.07, 6.45) is -2.31. The van der Waals surface area contributed by atoms with E-state index in [1.54, 1.807) is 0 Å². The minimum absolute atomic E-state index is 0.0241. The second kappa shape index (κ2) is 9.94. The van der Waals surface area contributed by atoms with E-state index >= 15 is 0 Å². The van der Waals surface area contributed by atoms with Crippen molar-refractivity contribution in [2.45, 2.75) is 25.0 Å². The van der Waals surface area contributed by atoms with Crippen molar-refractivity contribution in [3.05, 3.63) is 89.2 Å². The Morgan fingerprint density at radius 1 is 0.971 bits per heavy atom. The smallest absolute Gasteiger partial charge is 0.411 e. The van der Waals surface area contributed by atoms with Crippen LogP contribution in [-0.4, -0.2) is 46.9 Å². The first-order valence-electron chi connectivity index (χ1n) is 10.9. The van der Waals surface area contributed by atoms with Crippen LogP contribution in [0, 0.1) is 5.82 Å². The van der Waals surface area contributed by atoms with Crippen LogP contribution in [0.3, 0.4) is 0 Å². The van der Waals surface area contributed by atoms with Gasteiger partial charge >= 0.3 is 12.1 Å². The van der Waals surface area contributed by atoms with Gasteiger partial charge in [0.05, 0.1) is 17.4 Å². The van der Waals surface area contributed by atoms with Crippen LogP contribution in [0.1, 0.15) is 34.3 Å². The Hall–Kier alpha value is -4.24. The van der Waals surface area contributed by atoms with Crippen LogP contribution in [0.25, 0.3) is 11.1 Å². The Kier molecular flexibility index (Phi) is 6.79. The number of benzene rings is 3. The van der Waals surface area contributed by atoms with Crippen LogP contribution < -0.4 is 10.6 Å². The Morgan fingerprint density at radius 3 is 2.14 bits per heavy atom. The van der Waals surface area contributed by atoms with Gasteiger partial charge in [0.15, 0.2) is 11.9 Å². The molecule has 1 aliphatic rings. The fourth-order valence-electron chi connectivity index (χ4n) is 4.16. The second-order valence-corrected chi connectivity index (χ2v) is 8.15. The predicted octanol–water partition coefficient (Wildman–Crippen LogP) is 3.75. The van der Waals surface area contributed by atoms with E-state index in [2.05, 4.69) is 10.6 Å². The standard InChI is InChI=1S/C26H23FN2O6/c1-14(30)23(25(32)33)29-24(31)19-11-6-12-21(22(19)27)28-26(34)35-13-20-17-9-4-2-7-15(17)16-8-3-5-10-18(16)20/h2-12,14,20,23,30H,13H2,1H3,(H,28,34)(H,29,31)(H,32,33). The molecule has 0 bridgehead atoms. The molecule has 1 aliphatic carbocycles.